The Morgan fingerprint density at radius 1 is 1.31 bits per heavy atom. The number of hydrogen-bond donors (Lipinski definition) is 1. The van der Waals surface area contributed by atoms with E-state index in [1.165, 1.54) is 6.07 Å². The zero-order valence-electron chi connectivity index (χ0n) is 8.05. The third-order valence-electron chi connectivity index (χ3n) is 1.93. The highest BCUT2D eigenvalue weighted by Crippen LogP contribution is 2.26. The second-order valence-electron chi connectivity index (χ2n) is 3.09. The zero-order chi connectivity index (χ0) is 11.5. The van der Waals surface area contributed by atoms with Crippen LogP contribution in [0.1, 0.15) is 0 Å². The first-order valence-electron chi connectivity index (χ1n) is 4.49. The van der Waals surface area contributed by atoms with E-state index in [0.29, 0.717) is 16.5 Å². The fourth-order valence-corrected chi connectivity index (χ4v) is 1.87. The number of anilines is 2. The van der Waals surface area contributed by atoms with E-state index in [2.05, 4.69) is 26.2 Å². The largest absolute Gasteiger partial charge is 0.337 e. The monoisotopic (exact) mass is 300 g/mol. The van der Waals surface area contributed by atoms with Gasteiger partial charge in [0.2, 0.25) is 0 Å². The van der Waals surface area contributed by atoms with Gasteiger partial charge in [-0.3, -0.25) is 0 Å². The van der Waals surface area contributed by atoms with Gasteiger partial charge in [0.1, 0.15) is 11.6 Å². The van der Waals surface area contributed by atoms with Crippen LogP contribution in [0.15, 0.2) is 41.0 Å². The molecule has 82 valence electrons. The summed E-state index contributed by atoms with van der Waals surface area (Å²) in [7, 11) is 0. The molecule has 0 spiro atoms. The maximum Gasteiger partial charge on any atom is 0.149 e. The van der Waals surface area contributed by atoms with Gasteiger partial charge < -0.3 is 5.32 Å². The van der Waals surface area contributed by atoms with E-state index in [1.807, 2.05) is 0 Å². The van der Waals surface area contributed by atoms with Gasteiger partial charge in [0.25, 0.3) is 0 Å². The minimum atomic E-state index is -0.344. The summed E-state index contributed by atoms with van der Waals surface area (Å²) < 4.78 is 14.1. The van der Waals surface area contributed by atoms with Crippen LogP contribution in [0.25, 0.3) is 0 Å². The normalized spacial score (nSPS) is 10.2. The van der Waals surface area contributed by atoms with Crippen LogP contribution in [0.2, 0.25) is 5.02 Å². The van der Waals surface area contributed by atoms with Gasteiger partial charge in [-0.15, -0.1) is 0 Å². The molecule has 0 aliphatic rings. The SMILES string of the molecule is Fc1ccccc1Nc1ncc(Br)cc1Cl. The lowest BCUT2D eigenvalue weighted by Crippen LogP contribution is -1.96. The first kappa shape index (κ1) is 11.4. The molecule has 0 fully saturated rings. The summed E-state index contributed by atoms with van der Waals surface area (Å²) in [6, 6.07) is 8.04. The van der Waals surface area contributed by atoms with Crippen molar-refractivity contribution in [1.29, 1.82) is 0 Å². The van der Waals surface area contributed by atoms with Crippen LogP contribution in [0.5, 0.6) is 0 Å². The van der Waals surface area contributed by atoms with E-state index in [4.69, 9.17) is 11.6 Å². The number of nitrogens with one attached hydrogen (secondary N) is 1. The lowest BCUT2D eigenvalue weighted by molar-refractivity contribution is 0.632. The summed E-state index contributed by atoms with van der Waals surface area (Å²) in [5, 5.41) is 3.26. The number of para-hydroxylation sites is 1. The van der Waals surface area contributed by atoms with Crippen molar-refractivity contribution in [1.82, 2.24) is 4.98 Å². The maximum absolute atomic E-state index is 13.3. The van der Waals surface area contributed by atoms with E-state index in [0.717, 1.165) is 4.47 Å². The first-order valence-corrected chi connectivity index (χ1v) is 5.66. The van der Waals surface area contributed by atoms with Crippen LogP contribution in [-0.2, 0) is 0 Å². The van der Waals surface area contributed by atoms with Gasteiger partial charge in [-0.2, -0.15) is 0 Å². The molecule has 1 N–H and O–H groups in total. The average Bonchev–Trinajstić information content (AvgIpc) is 2.25. The summed E-state index contributed by atoms with van der Waals surface area (Å²) in [4.78, 5) is 4.06. The highest BCUT2D eigenvalue weighted by Gasteiger charge is 2.05. The number of nitrogens with zero attached hydrogens (tertiary/aromatic N) is 1. The Hall–Kier alpha value is -1.13. The Kier molecular flexibility index (Phi) is 3.41. The molecule has 1 aromatic heterocycles. The minimum absolute atomic E-state index is 0.344. The smallest absolute Gasteiger partial charge is 0.149 e. The molecular formula is C11H7BrClFN2. The average molecular weight is 302 g/mol. The second kappa shape index (κ2) is 4.80. The molecule has 0 saturated carbocycles. The van der Waals surface area contributed by atoms with Crippen LogP contribution >= 0.6 is 27.5 Å². The van der Waals surface area contributed by atoms with E-state index < -0.39 is 0 Å². The van der Waals surface area contributed by atoms with Crippen molar-refractivity contribution in [3.63, 3.8) is 0 Å². The molecule has 0 radical (unpaired) electrons. The Labute approximate surface area is 106 Å². The Morgan fingerprint density at radius 2 is 2.06 bits per heavy atom. The molecule has 0 amide bonds. The molecule has 0 saturated heterocycles. The minimum Gasteiger partial charge on any atom is -0.337 e. The van der Waals surface area contributed by atoms with Crippen molar-refractivity contribution in [3.8, 4) is 0 Å². The molecule has 0 atom stereocenters. The maximum atomic E-state index is 13.3. The number of halogens is 3. The van der Waals surface area contributed by atoms with Gasteiger partial charge in [-0.05, 0) is 34.1 Å². The van der Waals surface area contributed by atoms with Crippen LogP contribution in [0.3, 0.4) is 0 Å². The number of benzene rings is 1. The van der Waals surface area contributed by atoms with Gasteiger partial charge >= 0.3 is 0 Å². The van der Waals surface area contributed by atoms with Gasteiger partial charge in [0, 0.05) is 10.7 Å². The predicted molar refractivity (Wildman–Crippen MR) is 66.6 cm³/mol. The number of rotatable bonds is 2. The molecule has 1 aromatic carbocycles. The van der Waals surface area contributed by atoms with Crippen molar-refractivity contribution in [2.75, 3.05) is 5.32 Å². The van der Waals surface area contributed by atoms with Crippen molar-refractivity contribution in [2.45, 2.75) is 0 Å². The summed E-state index contributed by atoms with van der Waals surface area (Å²) in [5.74, 6) is 0.0817. The van der Waals surface area contributed by atoms with Gasteiger partial charge in [0.15, 0.2) is 0 Å². The Bertz CT molecular complexity index is 519. The van der Waals surface area contributed by atoms with Crippen LogP contribution in [0.4, 0.5) is 15.9 Å². The topological polar surface area (TPSA) is 24.9 Å². The lowest BCUT2D eigenvalue weighted by atomic mass is 10.3. The van der Waals surface area contributed by atoms with Crippen LogP contribution in [0, 0.1) is 5.82 Å². The van der Waals surface area contributed by atoms with Crippen molar-refractivity contribution in [3.05, 3.63) is 51.8 Å². The van der Waals surface area contributed by atoms with E-state index >= 15 is 0 Å². The standard InChI is InChI=1S/C11H7BrClFN2/c12-7-5-8(13)11(15-6-7)16-10-4-2-1-3-9(10)14/h1-6H,(H,15,16). The quantitative estimate of drug-likeness (QED) is 0.890. The molecule has 0 bridgehead atoms. The van der Waals surface area contributed by atoms with Crippen molar-refractivity contribution < 1.29 is 4.39 Å². The molecule has 0 aliphatic heterocycles. The van der Waals surface area contributed by atoms with Gasteiger partial charge in [-0.1, -0.05) is 23.7 Å². The zero-order valence-corrected chi connectivity index (χ0v) is 10.4. The molecule has 2 aromatic rings. The third-order valence-corrected chi connectivity index (χ3v) is 2.66. The fraction of sp³-hybridized carbons (Fsp3) is 0. The summed E-state index contributed by atoms with van der Waals surface area (Å²) in [6.07, 6.45) is 1.59. The molecule has 16 heavy (non-hydrogen) atoms. The molecule has 0 unspecified atom stereocenters. The Morgan fingerprint density at radius 3 is 2.75 bits per heavy atom. The number of pyridine rings is 1. The molecule has 2 rings (SSSR count). The number of hydrogen-bond acceptors (Lipinski definition) is 2. The van der Waals surface area contributed by atoms with E-state index in [1.54, 1.807) is 30.5 Å². The second-order valence-corrected chi connectivity index (χ2v) is 4.41. The summed E-state index contributed by atoms with van der Waals surface area (Å²) in [5.41, 5.74) is 0.347. The predicted octanol–water partition coefficient (Wildman–Crippen LogP) is 4.38. The highest BCUT2D eigenvalue weighted by molar-refractivity contribution is 9.10. The van der Waals surface area contributed by atoms with Crippen LogP contribution < -0.4 is 5.32 Å². The first-order chi connectivity index (χ1) is 7.66. The molecule has 0 aliphatic carbocycles. The van der Waals surface area contributed by atoms with E-state index in [-0.39, 0.29) is 5.82 Å². The summed E-state index contributed by atoms with van der Waals surface area (Å²) >= 11 is 9.20. The fourth-order valence-electron chi connectivity index (χ4n) is 1.20. The van der Waals surface area contributed by atoms with Gasteiger partial charge in [-0.25, -0.2) is 9.37 Å². The lowest BCUT2D eigenvalue weighted by Gasteiger charge is -2.08. The molecule has 5 heteroatoms. The van der Waals surface area contributed by atoms with Crippen molar-refractivity contribution in [2.24, 2.45) is 0 Å². The number of aromatic nitrogens is 1. The summed E-state index contributed by atoms with van der Waals surface area (Å²) in [6.45, 7) is 0. The Balaban J connectivity index is 2.31. The molecular weight excluding hydrogens is 294 g/mol. The molecule has 1 heterocycles. The van der Waals surface area contributed by atoms with E-state index in [9.17, 15) is 4.39 Å². The van der Waals surface area contributed by atoms with Gasteiger partial charge in [0.05, 0.1) is 10.7 Å². The van der Waals surface area contributed by atoms with Crippen molar-refractivity contribution >= 4 is 39.0 Å². The highest BCUT2D eigenvalue weighted by atomic mass is 79.9. The molecule has 2 nitrogen and oxygen atoms in total. The van der Waals surface area contributed by atoms with Crippen LogP contribution in [-0.4, -0.2) is 4.98 Å². The third kappa shape index (κ3) is 2.51.